The van der Waals surface area contributed by atoms with E-state index in [0.717, 1.165) is 6.42 Å². The number of rotatable bonds is 12. The van der Waals surface area contributed by atoms with Gasteiger partial charge >= 0.3 is 11.9 Å². The molecular weight excluding hydrogens is 590 g/mol. The monoisotopic (exact) mass is 639 g/mol. The maximum Gasteiger partial charge on any atom is 0.316 e. The molecule has 2 aromatic rings. The summed E-state index contributed by atoms with van der Waals surface area (Å²) >= 11 is 0. The molecule has 1 unspecified atom stereocenters. The van der Waals surface area contributed by atoms with Crippen LogP contribution in [0.15, 0.2) is 48.5 Å². The first kappa shape index (κ1) is 36.5. The van der Waals surface area contributed by atoms with E-state index in [0.29, 0.717) is 24.3 Å². The number of nitrogens with one attached hydrogen (secondary N) is 2. The molecule has 1 fully saturated rings. The maximum absolute atomic E-state index is 13.1. The number of likely N-dealkylation sites (tertiary alicyclic amines) is 1. The van der Waals surface area contributed by atoms with Gasteiger partial charge in [-0.05, 0) is 98.1 Å². The fraction of sp³-hybridized carbons (Fsp3) is 0.543. The molecule has 11 nitrogen and oxygen atoms in total. The van der Waals surface area contributed by atoms with Gasteiger partial charge in [-0.1, -0.05) is 24.3 Å². The van der Waals surface area contributed by atoms with Gasteiger partial charge in [0.15, 0.2) is 18.1 Å². The molecule has 3 N–H and O–H groups in total. The zero-order valence-electron chi connectivity index (χ0n) is 28.3. The summed E-state index contributed by atoms with van der Waals surface area (Å²) in [7, 11) is 0. The van der Waals surface area contributed by atoms with Gasteiger partial charge < -0.3 is 29.5 Å². The maximum atomic E-state index is 13.1. The number of hydrogen-bond acceptors (Lipinski definition) is 9. The highest BCUT2D eigenvalue weighted by molar-refractivity contribution is 5.89. The number of ether oxygens (including phenoxy) is 3. The molecule has 1 aliphatic rings. The SMILES string of the molecule is CC(C)(CNC(=O)[C@H]1CCCN1C(=O)COc1ccccc1)NC(O)Cc1ccc(OC(=O)C(C)(C)C)c(OC(=O)C(C)(C)C)c1. The zero-order valence-corrected chi connectivity index (χ0v) is 28.3. The average Bonchev–Trinajstić information content (AvgIpc) is 3.45. The van der Waals surface area contributed by atoms with E-state index in [2.05, 4.69) is 10.6 Å². The molecule has 1 heterocycles. The van der Waals surface area contributed by atoms with Crippen molar-refractivity contribution in [2.75, 3.05) is 19.7 Å². The molecule has 11 heteroatoms. The van der Waals surface area contributed by atoms with Crippen LogP contribution in [0.3, 0.4) is 0 Å². The second-order valence-electron chi connectivity index (χ2n) is 14.4. The summed E-state index contributed by atoms with van der Waals surface area (Å²) in [5.74, 6) is -0.716. The molecule has 2 amide bonds. The van der Waals surface area contributed by atoms with E-state index in [4.69, 9.17) is 14.2 Å². The summed E-state index contributed by atoms with van der Waals surface area (Å²) in [6.45, 7) is 14.5. The van der Waals surface area contributed by atoms with Gasteiger partial charge in [0, 0.05) is 25.0 Å². The lowest BCUT2D eigenvalue weighted by Crippen LogP contribution is -2.56. The summed E-state index contributed by atoms with van der Waals surface area (Å²) in [4.78, 5) is 52.7. The van der Waals surface area contributed by atoms with Crippen molar-refractivity contribution >= 4 is 23.8 Å². The van der Waals surface area contributed by atoms with Crippen LogP contribution >= 0.6 is 0 Å². The van der Waals surface area contributed by atoms with Crippen LogP contribution in [0.4, 0.5) is 0 Å². The lowest BCUT2D eigenvalue weighted by atomic mass is 9.97. The van der Waals surface area contributed by atoms with E-state index < -0.39 is 40.6 Å². The van der Waals surface area contributed by atoms with E-state index >= 15 is 0 Å². The van der Waals surface area contributed by atoms with Gasteiger partial charge in [-0.25, -0.2) is 0 Å². The third-order valence-corrected chi connectivity index (χ3v) is 7.31. The number of nitrogens with zero attached hydrogens (tertiary/aromatic N) is 1. The molecule has 252 valence electrons. The molecule has 1 saturated heterocycles. The Hall–Kier alpha value is -3.96. The third kappa shape index (κ3) is 10.8. The average molecular weight is 640 g/mol. The zero-order chi connectivity index (χ0) is 34.3. The molecule has 0 spiro atoms. The molecule has 0 saturated carbocycles. The quantitative estimate of drug-likeness (QED) is 0.178. The van der Waals surface area contributed by atoms with Crippen LogP contribution in [0.25, 0.3) is 0 Å². The smallest absolute Gasteiger partial charge is 0.316 e. The second kappa shape index (κ2) is 15.1. The van der Waals surface area contributed by atoms with Crippen molar-refractivity contribution in [3.05, 3.63) is 54.1 Å². The number of carbonyl (C=O) groups excluding carboxylic acids is 4. The Kier molecular flexibility index (Phi) is 12.0. The first-order chi connectivity index (χ1) is 21.4. The van der Waals surface area contributed by atoms with Gasteiger partial charge in [0.25, 0.3) is 5.91 Å². The Morgan fingerprint density at radius 1 is 0.891 bits per heavy atom. The van der Waals surface area contributed by atoms with Crippen molar-refractivity contribution in [1.82, 2.24) is 15.5 Å². The fourth-order valence-electron chi connectivity index (χ4n) is 4.63. The lowest BCUT2D eigenvalue weighted by Gasteiger charge is -2.31. The summed E-state index contributed by atoms with van der Waals surface area (Å²) in [5.41, 5.74) is -1.66. The lowest BCUT2D eigenvalue weighted by molar-refractivity contribution is -0.145. The summed E-state index contributed by atoms with van der Waals surface area (Å²) < 4.78 is 16.8. The van der Waals surface area contributed by atoms with Gasteiger partial charge in [-0.2, -0.15) is 0 Å². The van der Waals surface area contributed by atoms with Crippen molar-refractivity contribution in [1.29, 1.82) is 0 Å². The number of hydrogen-bond donors (Lipinski definition) is 3. The van der Waals surface area contributed by atoms with Crippen LogP contribution in [0.2, 0.25) is 0 Å². The molecule has 1 aliphatic heterocycles. The molecule has 0 aliphatic carbocycles. The predicted molar refractivity (Wildman–Crippen MR) is 173 cm³/mol. The van der Waals surface area contributed by atoms with Crippen LogP contribution < -0.4 is 24.8 Å². The van der Waals surface area contributed by atoms with Crippen LogP contribution in [0, 0.1) is 10.8 Å². The molecule has 2 atom stereocenters. The molecular formula is C35H49N3O8. The highest BCUT2D eigenvalue weighted by atomic mass is 16.6. The van der Waals surface area contributed by atoms with Gasteiger partial charge in [0.2, 0.25) is 5.91 Å². The summed E-state index contributed by atoms with van der Waals surface area (Å²) in [6.07, 6.45) is 0.386. The van der Waals surface area contributed by atoms with E-state index in [1.165, 1.54) is 0 Å². The minimum atomic E-state index is -1.03. The van der Waals surface area contributed by atoms with Crippen LogP contribution in [-0.2, 0) is 25.6 Å². The van der Waals surface area contributed by atoms with E-state index in [1.807, 2.05) is 32.0 Å². The minimum Gasteiger partial charge on any atom is -0.484 e. The Labute approximate surface area is 272 Å². The van der Waals surface area contributed by atoms with Crippen molar-refractivity contribution in [2.45, 2.75) is 92.5 Å². The number of amides is 2. The van der Waals surface area contributed by atoms with Crippen LogP contribution in [0.5, 0.6) is 17.2 Å². The van der Waals surface area contributed by atoms with Crippen molar-refractivity contribution < 1.29 is 38.5 Å². The van der Waals surface area contributed by atoms with Crippen molar-refractivity contribution in [3.63, 3.8) is 0 Å². The molecule has 0 bridgehead atoms. The van der Waals surface area contributed by atoms with Gasteiger partial charge in [0.1, 0.15) is 18.0 Å². The summed E-state index contributed by atoms with van der Waals surface area (Å²) in [5, 5.41) is 17.0. The fourth-order valence-corrected chi connectivity index (χ4v) is 4.63. The molecule has 3 rings (SSSR count). The first-order valence-electron chi connectivity index (χ1n) is 15.6. The van der Waals surface area contributed by atoms with Gasteiger partial charge in [-0.15, -0.1) is 0 Å². The van der Waals surface area contributed by atoms with Crippen molar-refractivity contribution in [2.24, 2.45) is 10.8 Å². The van der Waals surface area contributed by atoms with Crippen LogP contribution in [0.1, 0.15) is 73.8 Å². The molecule has 46 heavy (non-hydrogen) atoms. The van der Waals surface area contributed by atoms with Crippen molar-refractivity contribution in [3.8, 4) is 17.2 Å². The third-order valence-electron chi connectivity index (χ3n) is 7.31. The van der Waals surface area contributed by atoms with Crippen LogP contribution in [-0.4, -0.2) is 71.3 Å². The highest BCUT2D eigenvalue weighted by Gasteiger charge is 2.35. The normalized spacial score (nSPS) is 16.0. The number of aliphatic hydroxyl groups is 1. The van der Waals surface area contributed by atoms with Gasteiger partial charge in [-0.3, -0.25) is 24.5 Å². The second-order valence-corrected chi connectivity index (χ2v) is 14.4. The molecule has 0 aromatic heterocycles. The molecule has 2 aromatic carbocycles. The van der Waals surface area contributed by atoms with Gasteiger partial charge in [0.05, 0.1) is 10.8 Å². The standard InChI is InChI=1S/C35H49N3O8/c1-33(2,3)31(42)45-26-17-16-23(19-27(26)46-32(43)34(4,5)6)20-28(39)37-35(7,8)22-36-30(41)25-15-12-18-38(25)29(40)21-44-24-13-10-9-11-14-24/h9-11,13-14,16-17,19,25,28,37,39H,12,15,18,20-22H2,1-8H3,(H,36,41)/t25-,28?/m1/s1. The number of carbonyl (C=O) groups is 4. The van der Waals surface area contributed by atoms with E-state index in [1.54, 1.807) is 76.8 Å². The Morgan fingerprint density at radius 2 is 1.50 bits per heavy atom. The predicted octanol–water partition coefficient (Wildman–Crippen LogP) is 4.00. The number of esters is 2. The Morgan fingerprint density at radius 3 is 2.11 bits per heavy atom. The minimum absolute atomic E-state index is 0.0820. The van der Waals surface area contributed by atoms with E-state index in [9.17, 15) is 24.3 Å². The largest absolute Gasteiger partial charge is 0.484 e. The highest BCUT2D eigenvalue weighted by Crippen LogP contribution is 2.33. The number of para-hydroxylation sites is 1. The first-order valence-corrected chi connectivity index (χ1v) is 15.6. The molecule has 0 radical (unpaired) electrons. The number of aliphatic hydroxyl groups excluding tert-OH is 1. The summed E-state index contributed by atoms with van der Waals surface area (Å²) in [6, 6.07) is 13.3. The number of benzene rings is 2. The topological polar surface area (TPSA) is 144 Å². The Bertz CT molecular complexity index is 1380. The Balaban J connectivity index is 1.59. The van der Waals surface area contributed by atoms with E-state index in [-0.39, 0.29) is 42.9 Å².